The van der Waals surface area contributed by atoms with Gasteiger partial charge in [0.25, 0.3) is 0 Å². The summed E-state index contributed by atoms with van der Waals surface area (Å²) in [6.45, 7) is 3.70. The van der Waals surface area contributed by atoms with E-state index in [4.69, 9.17) is 0 Å². The lowest BCUT2D eigenvalue weighted by atomic mass is 10.3. The topological polar surface area (TPSA) is 70.2 Å². The lowest BCUT2D eigenvalue weighted by Gasteiger charge is -2.10. The monoisotopic (exact) mass is 313 g/mol. The van der Waals surface area contributed by atoms with Gasteiger partial charge in [-0.25, -0.2) is 4.79 Å². The van der Waals surface area contributed by atoms with Gasteiger partial charge in [0.1, 0.15) is 0 Å². The number of carbonyl (C=O) groups is 2. The molecule has 0 saturated carbocycles. The maximum absolute atomic E-state index is 11.4. The Bertz CT molecular complexity index is 418. The average molecular weight is 314 g/mol. The highest BCUT2D eigenvalue weighted by molar-refractivity contribution is 9.10. The van der Waals surface area contributed by atoms with Gasteiger partial charge in [0.05, 0.1) is 6.54 Å². The number of halogens is 1. The van der Waals surface area contributed by atoms with Gasteiger partial charge in [-0.15, -0.1) is 0 Å². The van der Waals surface area contributed by atoms with E-state index >= 15 is 0 Å². The van der Waals surface area contributed by atoms with Gasteiger partial charge in [0.2, 0.25) is 5.91 Å². The molecule has 0 heterocycles. The molecule has 0 aliphatic carbocycles. The van der Waals surface area contributed by atoms with Crippen LogP contribution in [-0.2, 0) is 4.79 Å². The summed E-state index contributed by atoms with van der Waals surface area (Å²) in [6.07, 6.45) is 0. The van der Waals surface area contributed by atoms with Crippen LogP contribution in [0.15, 0.2) is 28.7 Å². The Morgan fingerprint density at radius 3 is 2.39 bits per heavy atom. The standard InChI is InChI=1S/C12H16BrN3O2/c1-8(2)15-12(18)16-11(17)7-14-10-5-3-9(13)4-6-10/h3-6,8,14H,7H2,1-2H3,(H2,15,16,17,18). The molecule has 6 heteroatoms. The zero-order chi connectivity index (χ0) is 13.5. The third-order valence-electron chi connectivity index (χ3n) is 1.97. The minimum atomic E-state index is -0.479. The molecule has 0 unspecified atom stereocenters. The molecule has 1 rings (SSSR count). The molecule has 0 aliphatic heterocycles. The van der Waals surface area contributed by atoms with E-state index in [0.29, 0.717) is 0 Å². The largest absolute Gasteiger partial charge is 0.376 e. The Hall–Kier alpha value is -1.56. The predicted molar refractivity (Wildman–Crippen MR) is 74.4 cm³/mol. The van der Waals surface area contributed by atoms with E-state index < -0.39 is 6.03 Å². The van der Waals surface area contributed by atoms with E-state index in [2.05, 4.69) is 31.9 Å². The van der Waals surface area contributed by atoms with Crippen molar-refractivity contribution in [3.8, 4) is 0 Å². The number of hydrogen-bond donors (Lipinski definition) is 3. The first-order valence-electron chi connectivity index (χ1n) is 5.57. The summed E-state index contributed by atoms with van der Waals surface area (Å²) in [5, 5.41) is 7.72. The van der Waals surface area contributed by atoms with Gasteiger partial charge in [-0.1, -0.05) is 15.9 Å². The molecule has 0 aromatic heterocycles. The minimum absolute atomic E-state index is 0.00256. The second kappa shape index (κ2) is 7.00. The fraction of sp³-hybridized carbons (Fsp3) is 0.333. The molecule has 1 aromatic carbocycles. The zero-order valence-electron chi connectivity index (χ0n) is 10.3. The van der Waals surface area contributed by atoms with Crippen molar-refractivity contribution >= 4 is 33.6 Å². The first kappa shape index (κ1) is 14.5. The highest BCUT2D eigenvalue weighted by atomic mass is 79.9. The van der Waals surface area contributed by atoms with Gasteiger partial charge in [0, 0.05) is 16.2 Å². The molecule has 0 saturated heterocycles. The summed E-state index contributed by atoms with van der Waals surface area (Å²) in [5.41, 5.74) is 0.817. The van der Waals surface area contributed by atoms with Gasteiger partial charge in [-0.05, 0) is 38.1 Å². The lowest BCUT2D eigenvalue weighted by Crippen LogP contribution is -2.44. The van der Waals surface area contributed by atoms with Crippen molar-refractivity contribution < 1.29 is 9.59 Å². The number of imide groups is 1. The number of rotatable bonds is 4. The summed E-state index contributed by atoms with van der Waals surface area (Å²) in [5.74, 6) is -0.379. The Balaban J connectivity index is 2.33. The predicted octanol–water partition coefficient (Wildman–Crippen LogP) is 2.10. The number of carbonyl (C=O) groups excluding carboxylic acids is 2. The molecule has 0 radical (unpaired) electrons. The summed E-state index contributed by atoms with van der Waals surface area (Å²) in [6, 6.07) is 6.93. The van der Waals surface area contributed by atoms with Crippen LogP contribution in [0.25, 0.3) is 0 Å². The maximum Gasteiger partial charge on any atom is 0.321 e. The average Bonchev–Trinajstić information content (AvgIpc) is 2.27. The van der Waals surface area contributed by atoms with Gasteiger partial charge in [-0.2, -0.15) is 0 Å². The Morgan fingerprint density at radius 1 is 1.22 bits per heavy atom. The highest BCUT2D eigenvalue weighted by Crippen LogP contribution is 2.13. The van der Waals surface area contributed by atoms with Crippen molar-refractivity contribution in [2.45, 2.75) is 19.9 Å². The molecule has 5 nitrogen and oxygen atoms in total. The summed E-state index contributed by atoms with van der Waals surface area (Å²) >= 11 is 3.32. The summed E-state index contributed by atoms with van der Waals surface area (Å²) in [4.78, 5) is 22.7. The Morgan fingerprint density at radius 2 is 1.83 bits per heavy atom. The van der Waals surface area contributed by atoms with Gasteiger partial charge in [0.15, 0.2) is 0 Å². The van der Waals surface area contributed by atoms with Crippen molar-refractivity contribution in [3.05, 3.63) is 28.7 Å². The molecule has 0 aliphatic rings. The SMILES string of the molecule is CC(C)NC(=O)NC(=O)CNc1ccc(Br)cc1. The van der Waals surface area contributed by atoms with E-state index in [1.165, 1.54) is 0 Å². The molecule has 3 N–H and O–H groups in total. The molecule has 98 valence electrons. The molecular formula is C12H16BrN3O2. The molecule has 0 bridgehead atoms. The fourth-order valence-corrected chi connectivity index (χ4v) is 1.48. The second-order valence-electron chi connectivity index (χ2n) is 4.04. The van der Waals surface area contributed by atoms with Gasteiger partial charge < -0.3 is 10.6 Å². The molecule has 18 heavy (non-hydrogen) atoms. The number of benzene rings is 1. The van der Waals surface area contributed by atoms with Crippen molar-refractivity contribution in [3.63, 3.8) is 0 Å². The van der Waals surface area contributed by atoms with Crippen molar-refractivity contribution in [1.29, 1.82) is 0 Å². The van der Waals surface area contributed by atoms with Crippen LogP contribution in [0, 0.1) is 0 Å². The molecular weight excluding hydrogens is 298 g/mol. The number of urea groups is 1. The number of hydrogen-bond acceptors (Lipinski definition) is 3. The third-order valence-corrected chi connectivity index (χ3v) is 2.50. The normalized spacial score (nSPS) is 10.0. The Kier molecular flexibility index (Phi) is 5.64. The first-order chi connectivity index (χ1) is 8.47. The zero-order valence-corrected chi connectivity index (χ0v) is 11.9. The smallest absolute Gasteiger partial charge is 0.321 e. The van der Waals surface area contributed by atoms with Gasteiger partial charge in [-0.3, -0.25) is 10.1 Å². The van der Waals surface area contributed by atoms with E-state index in [-0.39, 0.29) is 18.5 Å². The summed E-state index contributed by atoms with van der Waals surface area (Å²) in [7, 11) is 0. The maximum atomic E-state index is 11.4. The number of nitrogens with one attached hydrogen (secondary N) is 3. The molecule has 0 atom stereocenters. The van der Waals surface area contributed by atoms with Crippen LogP contribution in [-0.4, -0.2) is 24.5 Å². The second-order valence-corrected chi connectivity index (χ2v) is 4.95. The van der Waals surface area contributed by atoms with Crippen molar-refractivity contribution in [2.24, 2.45) is 0 Å². The Labute approximate surface area is 114 Å². The van der Waals surface area contributed by atoms with Crippen molar-refractivity contribution in [2.75, 3.05) is 11.9 Å². The summed E-state index contributed by atoms with van der Waals surface area (Å²) < 4.78 is 0.966. The van der Waals surface area contributed by atoms with Crippen LogP contribution in [0.4, 0.5) is 10.5 Å². The minimum Gasteiger partial charge on any atom is -0.376 e. The van der Waals surface area contributed by atoms with Crippen LogP contribution in [0.2, 0.25) is 0 Å². The van der Waals surface area contributed by atoms with E-state index in [1.54, 1.807) is 0 Å². The molecule has 0 fully saturated rings. The van der Waals surface area contributed by atoms with E-state index in [1.807, 2.05) is 38.1 Å². The molecule has 1 aromatic rings. The highest BCUT2D eigenvalue weighted by Gasteiger charge is 2.07. The molecule has 0 spiro atoms. The van der Waals surface area contributed by atoms with E-state index in [9.17, 15) is 9.59 Å². The fourth-order valence-electron chi connectivity index (χ4n) is 1.22. The van der Waals surface area contributed by atoms with Gasteiger partial charge >= 0.3 is 6.03 Å². The van der Waals surface area contributed by atoms with Crippen LogP contribution < -0.4 is 16.0 Å². The quantitative estimate of drug-likeness (QED) is 0.797. The van der Waals surface area contributed by atoms with Crippen LogP contribution >= 0.6 is 15.9 Å². The van der Waals surface area contributed by atoms with Crippen LogP contribution in [0.1, 0.15) is 13.8 Å². The first-order valence-corrected chi connectivity index (χ1v) is 6.36. The molecule has 3 amide bonds. The van der Waals surface area contributed by atoms with Crippen LogP contribution in [0.5, 0.6) is 0 Å². The third kappa shape index (κ3) is 5.67. The number of anilines is 1. The lowest BCUT2D eigenvalue weighted by molar-refractivity contribution is -0.118. The van der Waals surface area contributed by atoms with E-state index in [0.717, 1.165) is 10.2 Å². The van der Waals surface area contributed by atoms with Crippen LogP contribution in [0.3, 0.4) is 0 Å². The number of amides is 3. The van der Waals surface area contributed by atoms with Crippen molar-refractivity contribution in [1.82, 2.24) is 10.6 Å².